The van der Waals surface area contributed by atoms with Gasteiger partial charge in [-0.3, -0.25) is 0 Å². The van der Waals surface area contributed by atoms with Crippen molar-refractivity contribution in [1.29, 1.82) is 0 Å². The van der Waals surface area contributed by atoms with Crippen molar-refractivity contribution in [1.82, 2.24) is 4.98 Å². The van der Waals surface area contributed by atoms with Gasteiger partial charge in [-0.1, -0.05) is 83.9 Å². The number of rotatable bonds is 3. The molecule has 0 saturated heterocycles. The van der Waals surface area contributed by atoms with Crippen LogP contribution in [0.4, 0.5) is 5.82 Å². The van der Waals surface area contributed by atoms with Gasteiger partial charge in [-0.2, -0.15) is 0 Å². The van der Waals surface area contributed by atoms with E-state index in [4.69, 9.17) is 16.6 Å². The van der Waals surface area contributed by atoms with E-state index in [2.05, 4.69) is 0 Å². The zero-order valence-corrected chi connectivity index (χ0v) is 20.5. The second kappa shape index (κ2) is 8.22. The summed E-state index contributed by atoms with van der Waals surface area (Å²) in [5.74, 6) is 0.429. The van der Waals surface area contributed by atoms with E-state index in [0.717, 1.165) is 38.8 Å². The molecule has 0 saturated carbocycles. The molecule has 1 aliphatic rings. The first kappa shape index (κ1) is 21.8. The number of sulfonamides is 1. The van der Waals surface area contributed by atoms with Crippen LogP contribution in [0.5, 0.6) is 0 Å². The maximum absolute atomic E-state index is 14.0. The van der Waals surface area contributed by atoms with Gasteiger partial charge in [-0.25, -0.2) is 17.7 Å². The Labute approximate surface area is 209 Å². The van der Waals surface area contributed by atoms with Crippen LogP contribution in [0, 0.1) is 6.92 Å². The molecule has 4 nitrogen and oxygen atoms in total. The average molecular weight is 497 g/mol. The summed E-state index contributed by atoms with van der Waals surface area (Å²) < 4.78 is 29.4. The van der Waals surface area contributed by atoms with Crippen LogP contribution in [-0.4, -0.2) is 13.4 Å². The van der Waals surface area contributed by atoms with Crippen LogP contribution in [0.25, 0.3) is 33.2 Å². The first-order chi connectivity index (χ1) is 16.9. The molecule has 6 heteroatoms. The summed E-state index contributed by atoms with van der Waals surface area (Å²) in [5, 5.41) is 1.48. The van der Waals surface area contributed by atoms with E-state index < -0.39 is 10.0 Å². The van der Waals surface area contributed by atoms with Crippen molar-refractivity contribution in [3.63, 3.8) is 0 Å². The molecule has 1 aliphatic heterocycles. The lowest BCUT2D eigenvalue weighted by atomic mass is 9.88. The van der Waals surface area contributed by atoms with E-state index in [1.165, 1.54) is 4.31 Å². The number of halogens is 1. The second-order valence-corrected chi connectivity index (χ2v) is 11.0. The molecule has 0 radical (unpaired) electrons. The number of benzene rings is 4. The molecule has 172 valence electrons. The molecule has 0 atom stereocenters. The Hall–Kier alpha value is -3.67. The molecule has 5 aromatic rings. The fourth-order valence-electron chi connectivity index (χ4n) is 4.73. The van der Waals surface area contributed by atoms with Crippen LogP contribution in [0.1, 0.15) is 11.1 Å². The van der Waals surface area contributed by atoms with Gasteiger partial charge >= 0.3 is 0 Å². The Morgan fingerprint density at radius 2 is 1.54 bits per heavy atom. The predicted molar refractivity (Wildman–Crippen MR) is 142 cm³/mol. The van der Waals surface area contributed by atoms with E-state index >= 15 is 0 Å². The third kappa shape index (κ3) is 3.59. The zero-order chi connectivity index (χ0) is 24.2. The van der Waals surface area contributed by atoms with Crippen LogP contribution in [0.15, 0.2) is 102 Å². The number of pyridine rings is 1. The molecule has 2 heterocycles. The van der Waals surface area contributed by atoms with Gasteiger partial charge in [0.05, 0.1) is 17.0 Å². The minimum Gasteiger partial charge on any atom is -0.245 e. The number of hydrogen-bond acceptors (Lipinski definition) is 3. The van der Waals surface area contributed by atoms with Crippen LogP contribution in [0.2, 0.25) is 5.02 Å². The SMILES string of the molecule is Cc1ccc(S(=O)(=O)N2Cc3ccccc3-c3c2nc2ccc(Cl)cc2c3-c2ccccc2)cc1. The molecule has 0 spiro atoms. The quantitative estimate of drug-likeness (QED) is 0.264. The highest BCUT2D eigenvalue weighted by Crippen LogP contribution is 2.48. The molecule has 35 heavy (non-hydrogen) atoms. The molecule has 6 rings (SSSR count). The minimum atomic E-state index is -3.87. The molecule has 0 bridgehead atoms. The van der Waals surface area contributed by atoms with Crippen LogP contribution < -0.4 is 4.31 Å². The maximum Gasteiger partial charge on any atom is 0.265 e. The second-order valence-electron chi connectivity index (χ2n) is 8.69. The lowest BCUT2D eigenvalue weighted by Gasteiger charge is -2.33. The molecule has 0 N–H and O–H groups in total. The average Bonchev–Trinajstić information content (AvgIpc) is 2.87. The summed E-state index contributed by atoms with van der Waals surface area (Å²) in [4.78, 5) is 5.16. The minimum absolute atomic E-state index is 0.208. The highest BCUT2D eigenvalue weighted by Gasteiger charge is 2.35. The van der Waals surface area contributed by atoms with Gasteiger partial charge in [0, 0.05) is 21.5 Å². The van der Waals surface area contributed by atoms with Gasteiger partial charge in [-0.05, 0) is 53.9 Å². The largest absolute Gasteiger partial charge is 0.265 e. The number of anilines is 1. The van der Waals surface area contributed by atoms with Crippen LogP contribution >= 0.6 is 11.6 Å². The van der Waals surface area contributed by atoms with E-state index in [0.29, 0.717) is 16.4 Å². The van der Waals surface area contributed by atoms with Crippen molar-refractivity contribution in [2.24, 2.45) is 0 Å². The van der Waals surface area contributed by atoms with Crippen LogP contribution in [-0.2, 0) is 16.6 Å². The molecule has 0 unspecified atom stereocenters. The van der Waals surface area contributed by atoms with Crippen molar-refractivity contribution >= 4 is 38.3 Å². The van der Waals surface area contributed by atoms with Gasteiger partial charge in [-0.15, -0.1) is 0 Å². The number of fused-ring (bicyclic) bond motifs is 4. The standard InChI is InChI=1S/C29H21ClN2O2S/c1-19-11-14-23(15-12-19)35(33,34)32-18-21-9-5-6-10-24(21)28-27(20-7-3-2-4-8-20)25-17-22(30)13-16-26(25)31-29(28)32/h2-17H,18H2,1H3. The van der Waals surface area contributed by atoms with Crippen molar-refractivity contribution in [2.45, 2.75) is 18.4 Å². The molecular weight excluding hydrogens is 476 g/mol. The topological polar surface area (TPSA) is 50.3 Å². The fraction of sp³-hybridized carbons (Fsp3) is 0.0690. The van der Waals surface area contributed by atoms with E-state index in [1.807, 2.05) is 85.8 Å². The van der Waals surface area contributed by atoms with Gasteiger partial charge in [0.15, 0.2) is 5.82 Å². The first-order valence-electron chi connectivity index (χ1n) is 11.3. The highest BCUT2D eigenvalue weighted by molar-refractivity contribution is 7.92. The number of aromatic nitrogens is 1. The maximum atomic E-state index is 14.0. The molecule has 1 aromatic heterocycles. The zero-order valence-electron chi connectivity index (χ0n) is 18.9. The number of nitrogens with zero attached hydrogens (tertiary/aromatic N) is 2. The van der Waals surface area contributed by atoms with Gasteiger partial charge in [0.1, 0.15) is 0 Å². The Kier molecular flexibility index (Phi) is 5.13. The summed E-state index contributed by atoms with van der Waals surface area (Å²) in [7, 11) is -3.87. The Morgan fingerprint density at radius 1 is 0.829 bits per heavy atom. The smallest absolute Gasteiger partial charge is 0.245 e. The van der Waals surface area contributed by atoms with Crippen LogP contribution in [0.3, 0.4) is 0 Å². The Balaban J connectivity index is 1.73. The molecule has 0 aliphatic carbocycles. The molecule has 4 aromatic carbocycles. The predicted octanol–water partition coefficient (Wildman–Crippen LogP) is 7.24. The van der Waals surface area contributed by atoms with Gasteiger partial charge < -0.3 is 0 Å². The Morgan fingerprint density at radius 3 is 2.31 bits per heavy atom. The first-order valence-corrected chi connectivity index (χ1v) is 13.1. The summed E-state index contributed by atoms with van der Waals surface area (Å²) in [6, 6.07) is 30.4. The van der Waals surface area contributed by atoms with Gasteiger partial charge in [0.25, 0.3) is 10.0 Å². The van der Waals surface area contributed by atoms with Gasteiger partial charge in [0.2, 0.25) is 0 Å². The number of hydrogen-bond donors (Lipinski definition) is 0. The highest BCUT2D eigenvalue weighted by atomic mass is 35.5. The Bertz CT molecular complexity index is 1700. The van der Waals surface area contributed by atoms with E-state index in [1.54, 1.807) is 18.2 Å². The molecular formula is C29H21ClN2O2S. The molecule has 0 fully saturated rings. The third-order valence-electron chi connectivity index (χ3n) is 6.44. The van der Waals surface area contributed by atoms with E-state index in [-0.39, 0.29) is 11.4 Å². The normalized spacial score (nSPS) is 12.9. The van der Waals surface area contributed by atoms with Crippen molar-refractivity contribution in [3.8, 4) is 22.3 Å². The summed E-state index contributed by atoms with van der Waals surface area (Å²) >= 11 is 6.42. The fourth-order valence-corrected chi connectivity index (χ4v) is 6.31. The summed E-state index contributed by atoms with van der Waals surface area (Å²) in [5.41, 5.74) is 6.29. The molecule has 0 amide bonds. The summed E-state index contributed by atoms with van der Waals surface area (Å²) in [6.07, 6.45) is 0. The monoisotopic (exact) mass is 496 g/mol. The lowest BCUT2D eigenvalue weighted by molar-refractivity contribution is 0.589. The lowest BCUT2D eigenvalue weighted by Crippen LogP contribution is -2.34. The van der Waals surface area contributed by atoms with Crippen molar-refractivity contribution < 1.29 is 8.42 Å². The van der Waals surface area contributed by atoms with Crippen molar-refractivity contribution in [2.75, 3.05) is 4.31 Å². The summed E-state index contributed by atoms with van der Waals surface area (Å²) in [6.45, 7) is 2.15. The third-order valence-corrected chi connectivity index (χ3v) is 8.42. The van der Waals surface area contributed by atoms with E-state index in [9.17, 15) is 8.42 Å². The number of aryl methyl sites for hydroxylation is 1. The van der Waals surface area contributed by atoms with Crippen molar-refractivity contribution in [3.05, 3.63) is 113 Å².